The number of hydrogen-bond donors (Lipinski definition) is 11. The van der Waals surface area contributed by atoms with Crippen LogP contribution in [0.5, 0.6) is 0 Å². The Labute approximate surface area is 490 Å². The van der Waals surface area contributed by atoms with Crippen LogP contribution in [-0.4, -0.2) is 190 Å². The molecule has 4 aliphatic carbocycles. The van der Waals surface area contributed by atoms with Gasteiger partial charge in [-0.2, -0.15) is 0 Å². The molecule has 3 aliphatic heterocycles. The molecule has 16 unspecified atom stereocenters. The van der Waals surface area contributed by atoms with E-state index in [4.69, 9.17) is 33.5 Å². The van der Waals surface area contributed by atoms with Gasteiger partial charge in [-0.1, -0.05) is 128 Å². The van der Waals surface area contributed by atoms with Crippen LogP contribution in [0.2, 0.25) is 0 Å². The number of alkyl halides is 1. The first kappa shape index (κ1) is 66.5. The van der Waals surface area contributed by atoms with Crippen molar-refractivity contribution in [3.63, 3.8) is 0 Å². The van der Waals surface area contributed by atoms with E-state index in [0.29, 0.717) is 32.1 Å². The van der Waals surface area contributed by atoms with Crippen LogP contribution in [0, 0.1) is 44.3 Å². The number of unbranched alkanes of at least 4 members (excludes halogenated alkanes) is 7. The van der Waals surface area contributed by atoms with Crippen molar-refractivity contribution in [2.75, 3.05) is 13.2 Å². The molecule has 1 amide bonds. The molecule has 3 heterocycles. The molecule has 464 valence electrons. The van der Waals surface area contributed by atoms with E-state index in [-0.39, 0.29) is 48.3 Å². The standard InChI is InChI=1S/C59H96INO20/c1-9-35-55(6)22-21-37(65)56(7,30-63)36(55)20-23-58(35)26-32-49(60)59(25-24-54(3,4)5,38(66)27-57(32,58)8)53(75)81-52-48(80-51-46(74)44(72)47(31(2)77-51)79-50-45(73)42(70)33(64)29-76-50)43(71)41(34(28-62)78-52)61-39(67)18-16-14-12-10-11-13-15-17-19-40(68)69/h26,30-31,33-38,41-52,62,64-66,70-74H,9-25,27-29H2,1-8H3,(H,61,67)(H,68,69)/t31?,33-,34?,35?,36?,37+,38?,41+,42?,43?,44?,45?,46?,47+,48?,49?,50+,51+,52+,55?,56?,57?,58?,59+/m1/s1. The minimum atomic E-state index is -1.96. The maximum Gasteiger partial charge on any atom is 0.318 e. The zero-order valence-corrected chi connectivity index (χ0v) is 50.9. The normalized spacial score (nSPS) is 45.2. The number of aliphatic hydroxyl groups excluding tert-OH is 9. The minimum Gasteiger partial charge on any atom is -0.481 e. The molecule has 0 radical (unpaired) electrons. The molecule has 7 rings (SSSR count). The first-order valence-corrected chi connectivity index (χ1v) is 31.1. The van der Waals surface area contributed by atoms with E-state index in [1.807, 2.05) is 27.7 Å². The predicted octanol–water partition coefficient (Wildman–Crippen LogP) is 3.87. The smallest absolute Gasteiger partial charge is 0.318 e. The summed E-state index contributed by atoms with van der Waals surface area (Å²) in [6, 6.07) is -1.37. The Balaban J connectivity index is 1.15. The lowest BCUT2D eigenvalue weighted by Crippen LogP contribution is -2.71. The van der Waals surface area contributed by atoms with Gasteiger partial charge in [-0.25, -0.2) is 0 Å². The van der Waals surface area contributed by atoms with Crippen LogP contribution < -0.4 is 5.32 Å². The Hall–Kier alpha value is -2.01. The van der Waals surface area contributed by atoms with Crippen LogP contribution in [0.4, 0.5) is 0 Å². The van der Waals surface area contributed by atoms with Gasteiger partial charge in [-0.05, 0) is 87.4 Å². The summed E-state index contributed by atoms with van der Waals surface area (Å²) in [5.74, 6) is -2.14. The van der Waals surface area contributed by atoms with Gasteiger partial charge in [0.2, 0.25) is 12.2 Å². The van der Waals surface area contributed by atoms with E-state index in [0.717, 1.165) is 69.6 Å². The quantitative estimate of drug-likeness (QED) is 0.0173. The maximum atomic E-state index is 15.7. The topological polar surface area (TPSA) is 338 Å². The van der Waals surface area contributed by atoms with E-state index in [1.54, 1.807) is 0 Å². The molecule has 7 aliphatic rings. The van der Waals surface area contributed by atoms with E-state index in [2.05, 4.69) is 54.8 Å². The summed E-state index contributed by atoms with van der Waals surface area (Å²) in [6.45, 7) is 14.9. The molecule has 22 heteroatoms. The van der Waals surface area contributed by atoms with Crippen molar-refractivity contribution >= 4 is 46.7 Å². The number of carboxylic acid groups (broad SMARTS) is 1. The lowest BCUT2D eigenvalue weighted by Gasteiger charge is -2.73. The number of aliphatic carboxylic acids is 1. The number of carbonyl (C=O) groups is 4. The number of esters is 1. The number of aldehydes is 1. The van der Waals surface area contributed by atoms with Gasteiger partial charge in [0.25, 0.3) is 0 Å². The lowest BCUT2D eigenvalue weighted by atomic mass is 9.32. The average Bonchev–Trinajstić information content (AvgIpc) is 1.51. The van der Waals surface area contributed by atoms with Crippen LogP contribution in [0.1, 0.15) is 171 Å². The van der Waals surface area contributed by atoms with Gasteiger partial charge in [-0.15, -0.1) is 0 Å². The van der Waals surface area contributed by atoms with Crippen molar-refractivity contribution in [2.24, 2.45) is 44.3 Å². The number of amides is 1. The second-order valence-electron chi connectivity index (χ2n) is 26.8. The van der Waals surface area contributed by atoms with Crippen LogP contribution in [0.25, 0.3) is 0 Å². The summed E-state index contributed by atoms with van der Waals surface area (Å²) in [4.78, 5) is 52.9. The fraction of sp³-hybridized carbons (Fsp3) is 0.898. The molecule has 1 spiro atoms. The van der Waals surface area contributed by atoms with Crippen LogP contribution in [0.3, 0.4) is 0 Å². The number of aliphatic hydroxyl groups is 9. The van der Waals surface area contributed by atoms with E-state index < -0.39 is 155 Å². The van der Waals surface area contributed by atoms with Crippen LogP contribution in [0.15, 0.2) is 11.6 Å². The summed E-state index contributed by atoms with van der Waals surface area (Å²) in [6.07, 6.45) is -9.34. The number of rotatable bonds is 23. The summed E-state index contributed by atoms with van der Waals surface area (Å²) in [5.41, 5.74) is -3.14. The van der Waals surface area contributed by atoms with Gasteiger partial charge < -0.3 is 89.6 Å². The second kappa shape index (κ2) is 26.5. The number of carbonyl (C=O) groups excluding carboxylic acids is 3. The molecule has 11 N–H and O–H groups in total. The molecular weight excluding hydrogens is 1170 g/mol. The lowest BCUT2D eigenvalue weighted by molar-refractivity contribution is -0.369. The third-order valence-electron chi connectivity index (χ3n) is 20.6. The summed E-state index contributed by atoms with van der Waals surface area (Å²) in [5, 5.41) is 113. The number of ether oxygens (including phenoxy) is 6. The molecule has 0 bridgehead atoms. The third kappa shape index (κ3) is 12.9. The van der Waals surface area contributed by atoms with Crippen molar-refractivity contribution in [2.45, 2.75) is 273 Å². The van der Waals surface area contributed by atoms with Gasteiger partial charge in [0, 0.05) is 23.7 Å². The molecule has 6 fully saturated rings. The Kier molecular flexibility index (Phi) is 21.8. The fourth-order valence-electron chi connectivity index (χ4n) is 15.7. The fourth-order valence-corrected chi connectivity index (χ4v) is 17.5. The predicted molar refractivity (Wildman–Crippen MR) is 300 cm³/mol. The van der Waals surface area contributed by atoms with Gasteiger partial charge in [0.1, 0.15) is 60.5 Å². The van der Waals surface area contributed by atoms with Gasteiger partial charge in [0.15, 0.2) is 18.7 Å². The molecule has 24 atom stereocenters. The molecule has 0 aromatic heterocycles. The highest BCUT2D eigenvalue weighted by atomic mass is 127. The van der Waals surface area contributed by atoms with E-state index in [1.165, 1.54) is 6.92 Å². The average molecular weight is 1270 g/mol. The number of allylic oxidation sites excluding steroid dienone is 2. The number of fused-ring (bicyclic) bond motifs is 3. The number of halogens is 1. The molecule has 3 saturated heterocycles. The summed E-state index contributed by atoms with van der Waals surface area (Å²) < 4.78 is 35.8. The van der Waals surface area contributed by atoms with Crippen LogP contribution in [-0.2, 0) is 47.6 Å². The molecule has 81 heavy (non-hydrogen) atoms. The highest BCUT2D eigenvalue weighted by Crippen LogP contribution is 2.77. The highest BCUT2D eigenvalue weighted by molar-refractivity contribution is 14.1. The Bertz CT molecular complexity index is 2200. The Morgan fingerprint density at radius 1 is 0.790 bits per heavy atom. The van der Waals surface area contributed by atoms with Crippen molar-refractivity contribution in [1.29, 1.82) is 0 Å². The minimum absolute atomic E-state index is 0.0518. The molecule has 0 aromatic carbocycles. The zero-order valence-electron chi connectivity index (χ0n) is 48.7. The SMILES string of the molecule is CCC1C2(C)CC[C@H](O)C(C)(C=O)C2CCC12C=C1C(I)[C@@](CCC(C)(C)C)(C(=O)O[C@@H]3OC(CO)[C@H](NC(=O)CCCCCCCCCCC(=O)O)C(O)C3O[C@@H]3OC(C)[C@H](O[C@@H]4OC[C@@H](O)C(O)C4O)C(O)C3O)C(O)CC12C. The number of nitrogens with one attached hydrogen (secondary N) is 1. The van der Waals surface area contributed by atoms with Gasteiger partial charge in [0.05, 0.1) is 46.9 Å². The Morgan fingerprint density at radius 3 is 2.01 bits per heavy atom. The van der Waals surface area contributed by atoms with Crippen molar-refractivity contribution in [3.8, 4) is 0 Å². The van der Waals surface area contributed by atoms with Gasteiger partial charge in [-0.3, -0.25) is 14.4 Å². The summed E-state index contributed by atoms with van der Waals surface area (Å²) in [7, 11) is 0. The zero-order chi connectivity index (χ0) is 59.8. The van der Waals surface area contributed by atoms with Crippen molar-refractivity contribution in [3.05, 3.63) is 11.6 Å². The molecular formula is C59H96INO20. The largest absolute Gasteiger partial charge is 0.481 e. The first-order valence-electron chi connectivity index (χ1n) is 29.9. The third-order valence-corrected chi connectivity index (χ3v) is 22.4. The number of hydrogen-bond acceptors (Lipinski definition) is 19. The van der Waals surface area contributed by atoms with Crippen molar-refractivity contribution < 1.29 is 98.7 Å². The second-order valence-corrected chi connectivity index (χ2v) is 28.1. The summed E-state index contributed by atoms with van der Waals surface area (Å²) >= 11 is 2.26. The molecule has 21 nitrogen and oxygen atoms in total. The Morgan fingerprint density at radius 2 is 1.41 bits per heavy atom. The highest BCUT2D eigenvalue weighted by Gasteiger charge is 2.74. The first-order chi connectivity index (χ1) is 38.0. The van der Waals surface area contributed by atoms with Gasteiger partial charge >= 0.3 is 11.9 Å². The van der Waals surface area contributed by atoms with Crippen molar-refractivity contribution in [1.82, 2.24) is 5.32 Å². The molecule has 3 saturated carbocycles. The van der Waals surface area contributed by atoms with E-state index in [9.17, 15) is 60.3 Å². The molecule has 0 aromatic rings. The number of carboxylic acids is 1. The van der Waals surface area contributed by atoms with E-state index >= 15 is 4.79 Å². The monoisotopic (exact) mass is 1270 g/mol. The van der Waals surface area contributed by atoms with Crippen LogP contribution >= 0.6 is 22.6 Å². The maximum absolute atomic E-state index is 15.7.